The normalized spacial score (nSPS) is 14.4. The van der Waals surface area contributed by atoms with Gasteiger partial charge in [0.2, 0.25) is 0 Å². The van der Waals surface area contributed by atoms with Crippen molar-refractivity contribution in [1.29, 1.82) is 0 Å². The van der Waals surface area contributed by atoms with Crippen molar-refractivity contribution in [2.24, 2.45) is 0 Å². The summed E-state index contributed by atoms with van der Waals surface area (Å²) in [6.45, 7) is 2.08. The first kappa shape index (κ1) is 26.8. The Morgan fingerprint density at radius 1 is 1.08 bits per heavy atom. The SMILES string of the molecule is CCOc1cc(/C=C2\C(=O)NC(=O)N(c3ccccc3Cl)C2=O)cc(Br)c1OCc1cccc([N+](=O)[O-])c1. The molecule has 38 heavy (non-hydrogen) atoms. The second kappa shape index (κ2) is 11.4. The fourth-order valence-corrected chi connectivity index (χ4v) is 4.46. The number of ether oxygens (including phenoxy) is 2. The molecule has 0 spiro atoms. The molecule has 3 aromatic carbocycles. The summed E-state index contributed by atoms with van der Waals surface area (Å²) < 4.78 is 12.1. The maximum Gasteiger partial charge on any atom is 0.335 e. The van der Waals surface area contributed by atoms with Gasteiger partial charge in [0.1, 0.15) is 12.2 Å². The summed E-state index contributed by atoms with van der Waals surface area (Å²) in [7, 11) is 0. The monoisotopic (exact) mass is 599 g/mol. The molecule has 0 aromatic heterocycles. The predicted octanol–water partition coefficient (Wildman–Crippen LogP) is 5.65. The van der Waals surface area contributed by atoms with Crippen LogP contribution in [0.1, 0.15) is 18.1 Å². The summed E-state index contributed by atoms with van der Waals surface area (Å²) in [5.41, 5.74) is 0.778. The molecule has 194 valence electrons. The molecule has 12 heteroatoms. The lowest BCUT2D eigenvalue weighted by Gasteiger charge is -2.27. The van der Waals surface area contributed by atoms with Crippen LogP contribution in [0.3, 0.4) is 0 Å². The molecule has 4 rings (SSSR count). The van der Waals surface area contributed by atoms with Crippen LogP contribution in [0.4, 0.5) is 16.2 Å². The Morgan fingerprint density at radius 3 is 2.55 bits per heavy atom. The smallest absolute Gasteiger partial charge is 0.335 e. The van der Waals surface area contributed by atoms with Crippen LogP contribution in [0, 0.1) is 10.1 Å². The molecule has 1 saturated heterocycles. The number of imide groups is 2. The van der Waals surface area contributed by atoms with Crippen LogP contribution >= 0.6 is 27.5 Å². The first-order chi connectivity index (χ1) is 18.2. The number of barbiturate groups is 1. The molecule has 0 aliphatic carbocycles. The summed E-state index contributed by atoms with van der Waals surface area (Å²) in [4.78, 5) is 49.6. The van der Waals surface area contributed by atoms with Crippen molar-refractivity contribution in [3.05, 3.63) is 97.0 Å². The van der Waals surface area contributed by atoms with Gasteiger partial charge >= 0.3 is 6.03 Å². The molecule has 1 heterocycles. The number of hydrogen-bond acceptors (Lipinski definition) is 7. The molecular formula is C26H19BrClN3O7. The molecule has 0 bridgehead atoms. The third kappa shape index (κ3) is 5.68. The molecule has 0 unspecified atom stereocenters. The number of nitrogens with one attached hydrogen (secondary N) is 1. The number of amides is 4. The fourth-order valence-electron chi connectivity index (χ4n) is 3.67. The third-order valence-corrected chi connectivity index (χ3v) is 6.25. The Labute approximate surface area is 230 Å². The number of carbonyl (C=O) groups is 3. The number of nitro benzene ring substituents is 1. The second-order valence-corrected chi connectivity index (χ2v) is 9.15. The minimum Gasteiger partial charge on any atom is -0.490 e. The zero-order valence-corrected chi connectivity index (χ0v) is 22.1. The van der Waals surface area contributed by atoms with Gasteiger partial charge in [0.25, 0.3) is 17.5 Å². The molecule has 0 saturated carbocycles. The van der Waals surface area contributed by atoms with Gasteiger partial charge in [-0.2, -0.15) is 0 Å². The first-order valence-corrected chi connectivity index (χ1v) is 12.3. The molecule has 0 atom stereocenters. The quantitative estimate of drug-likeness (QED) is 0.153. The number of nitro groups is 1. The fraction of sp³-hybridized carbons (Fsp3) is 0.115. The highest BCUT2D eigenvalue weighted by atomic mass is 79.9. The van der Waals surface area contributed by atoms with Gasteiger partial charge < -0.3 is 9.47 Å². The lowest BCUT2D eigenvalue weighted by Crippen LogP contribution is -2.54. The van der Waals surface area contributed by atoms with Crippen LogP contribution in [0.5, 0.6) is 11.5 Å². The van der Waals surface area contributed by atoms with Crippen LogP contribution in [0.25, 0.3) is 6.08 Å². The largest absolute Gasteiger partial charge is 0.490 e. The highest BCUT2D eigenvalue weighted by Crippen LogP contribution is 2.38. The molecule has 1 aliphatic heterocycles. The number of nitrogens with zero attached hydrogens (tertiary/aromatic N) is 2. The van der Waals surface area contributed by atoms with Crippen LogP contribution in [0.2, 0.25) is 5.02 Å². The number of hydrogen-bond donors (Lipinski definition) is 1. The number of para-hydroxylation sites is 1. The molecule has 0 radical (unpaired) electrons. The van der Waals surface area contributed by atoms with Crippen molar-refractivity contribution in [3.8, 4) is 11.5 Å². The summed E-state index contributed by atoms with van der Waals surface area (Å²) in [5, 5.41) is 13.4. The van der Waals surface area contributed by atoms with E-state index in [1.54, 1.807) is 43.3 Å². The molecule has 1 N–H and O–H groups in total. The van der Waals surface area contributed by atoms with Crippen molar-refractivity contribution in [2.75, 3.05) is 11.5 Å². The zero-order chi connectivity index (χ0) is 27.4. The standard InChI is InChI=1S/C26H19BrClN3O7/c1-2-37-22-13-16(12-19(27)23(22)38-14-15-6-5-7-17(10-15)31(35)36)11-18-24(32)29-26(34)30(25(18)33)21-9-4-3-8-20(21)28/h3-13H,2,14H2,1H3,(H,29,32,34)/b18-11+. The van der Waals surface area contributed by atoms with Gasteiger partial charge in [0, 0.05) is 12.1 Å². The predicted molar refractivity (Wildman–Crippen MR) is 143 cm³/mol. The average Bonchev–Trinajstić information content (AvgIpc) is 2.87. The van der Waals surface area contributed by atoms with E-state index in [2.05, 4.69) is 21.2 Å². The average molecular weight is 601 g/mol. The molecule has 1 fully saturated rings. The highest BCUT2D eigenvalue weighted by Gasteiger charge is 2.37. The Balaban J connectivity index is 1.66. The van der Waals surface area contributed by atoms with Gasteiger partial charge in [-0.3, -0.25) is 25.0 Å². The van der Waals surface area contributed by atoms with Crippen LogP contribution < -0.4 is 19.7 Å². The highest BCUT2D eigenvalue weighted by molar-refractivity contribution is 9.10. The van der Waals surface area contributed by atoms with E-state index < -0.39 is 22.8 Å². The maximum atomic E-state index is 13.2. The lowest BCUT2D eigenvalue weighted by molar-refractivity contribution is -0.384. The molecule has 1 aliphatic rings. The summed E-state index contributed by atoms with van der Waals surface area (Å²) in [5.74, 6) is -1.06. The van der Waals surface area contributed by atoms with E-state index in [0.29, 0.717) is 27.1 Å². The van der Waals surface area contributed by atoms with Crippen molar-refractivity contribution in [1.82, 2.24) is 5.32 Å². The Kier molecular flexibility index (Phi) is 8.08. The van der Waals surface area contributed by atoms with Gasteiger partial charge in [-0.25, -0.2) is 9.69 Å². The zero-order valence-electron chi connectivity index (χ0n) is 19.8. The number of urea groups is 1. The van der Waals surface area contributed by atoms with Gasteiger partial charge in [-0.05, 0) is 64.3 Å². The Morgan fingerprint density at radius 2 is 1.84 bits per heavy atom. The van der Waals surface area contributed by atoms with Crippen LogP contribution in [0.15, 0.2) is 70.7 Å². The minimum absolute atomic E-state index is 0.0244. The van der Waals surface area contributed by atoms with Crippen molar-refractivity contribution >= 4 is 62.8 Å². The van der Waals surface area contributed by atoms with Crippen LogP contribution in [-0.4, -0.2) is 29.4 Å². The van der Waals surface area contributed by atoms with Gasteiger partial charge in [-0.1, -0.05) is 35.9 Å². The number of carbonyl (C=O) groups excluding carboxylic acids is 3. The maximum absolute atomic E-state index is 13.2. The summed E-state index contributed by atoms with van der Waals surface area (Å²) in [6.07, 6.45) is 1.32. The van der Waals surface area contributed by atoms with Crippen molar-refractivity contribution < 1.29 is 28.8 Å². The minimum atomic E-state index is -0.911. The molecule has 4 amide bonds. The van der Waals surface area contributed by atoms with E-state index in [1.807, 2.05) is 0 Å². The molecule has 10 nitrogen and oxygen atoms in total. The molecule has 3 aromatic rings. The van der Waals surface area contributed by atoms with E-state index in [9.17, 15) is 24.5 Å². The van der Waals surface area contributed by atoms with Gasteiger partial charge in [0.15, 0.2) is 11.5 Å². The van der Waals surface area contributed by atoms with Gasteiger partial charge in [0.05, 0.1) is 26.7 Å². The van der Waals surface area contributed by atoms with Gasteiger partial charge in [-0.15, -0.1) is 0 Å². The Bertz CT molecular complexity index is 1490. The van der Waals surface area contributed by atoms with E-state index in [1.165, 1.54) is 30.3 Å². The number of non-ortho nitro benzene ring substituents is 1. The number of benzene rings is 3. The van der Waals surface area contributed by atoms with Crippen LogP contribution in [-0.2, 0) is 16.2 Å². The van der Waals surface area contributed by atoms with E-state index in [-0.39, 0.29) is 35.2 Å². The third-order valence-electron chi connectivity index (χ3n) is 5.34. The number of halogens is 2. The Hall–Kier alpha value is -4.22. The van der Waals surface area contributed by atoms with E-state index in [0.717, 1.165) is 4.90 Å². The second-order valence-electron chi connectivity index (χ2n) is 7.89. The van der Waals surface area contributed by atoms with Crippen molar-refractivity contribution in [3.63, 3.8) is 0 Å². The number of anilines is 1. The number of rotatable bonds is 8. The van der Waals surface area contributed by atoms with E-state index in [4.69, 9.17) is 21.1 Å². The first-order valence-electron chi connectivity index (χ1n) is 11.2. The lowest BCUT2D eigenvalue weighted by atomic mass is 10.1. The summed E-state index contributed by atoms with van der Waals surface area (Å²) >= 11 is 9.61. The topological polar surface area (TPSA) is 128 Å². The van der Waals surface area contributed by atoms with Crippen molar-refractivity contribution in [2.45, 2.75) is 13.5 Å². The van der Waals surface area contributed by atoms with E-state index >= 15 is 0 Å². The molecular weight excluding hydrogens is 582 g/mol. The summed E-state index contributed by atoms with van der Waals surface area (Å²) in [6, 6.07) is 14.6.